The van der Waals surface area contributed by atoms with Crippen LogP contribution in [0.4, 0.5) is 0 Å². The number of hydrogen-bond donors (Lipinski definition) is 0. The molecule has 0 saturated heterocycles. The van der Waals surface area contributed by atoms with E-state index < -0.39 is 5.54 Å². The minimum Gasteiger partial charge on any atom is -0.270 e. The fourth-order valence-corrected chi connectivity index (χ4v) is 3.38. The Labute approximate surface area is 159 Å². The van der Waals surface area contributed by atoms with Gasteiger partial charge in [-0.3, -0.25) is 9.98 Å². The normalized spacial score (nSPS) is 11.6. The molecule has 4 aromatic rings. The molecule has 0 aliphatic rings. The molecule has 3 aromatic carbocycles. The summed E-state index contributed by atoms with van der Waals surface area (Å²) in [4.78, 5) is 9.56. The van der Waals surface area contributed by atoms with Crippen LogP contribution in [-0.2, 0) is 5.54 Å². The first-order chi connectivity index (χ1) is 13.4. The molecule has 4 rings (SSSR count). The van der Waals surface area contributed by atoms with Crippen molar-refractivity contribution in [2.24, 2.45) is 4.99 Å². The van der Waals surface area contributed by atoms with Gasteiger partial charge in [0.25, 0.3) is 0 Å². The van der Waals surface area contributed by atoms with Gasteiger partial charge in [0.05, 0.1) is 5.69 Å². The smallest absolute Gasteiger partial charge is 0.136 e. The fourth-order valence-electron chi connectivity index (χ4n) is 3.38. The largest absolute Gasteiger partial charge is 0.270 e. The van der Waals surface area contributed by atoms with Gasteiger partial charge in [-0.15, -0.1) is 0 Å². The van der Waals surface area contributed by atoms with E-state index in [-0.39, 0.29) is 0 Å². The van der Waals surface area contributed by atoms with E-state index in [1.165, 1.54) is 0 Å². The van der Waals surface area contributed by atoms with Crippen molar-refractivity contribution in [2.45, 2.75) is 5.54 Å². The fraction of sp³-hybridized carbons (Fsp3) is 0.0400. The summed E-state index contributed by atoms with van der Waals surface area (Å²) < 4.78 is 0. The van der Waals surface area contributed by atoms with Gasteiger partial charge in [-0.25, -0.2) is 0 Å². The molecule has 0 unspecified atom stereocenters. The third-order valence-corrected chi connectivity index (χ3v) is 4.65. The predicted molar refractivity (Wildman–Crippen MR) is 111 cm³/mol. The van der Waals surface area contributed by atoms with Gasteiger partial charge in [-0.1, -0.05) is 97.1 Å². The summed E-state index contributed by atoms with van der Waals surface area (Å²) in [6.45, 7) is 0. The lowest BCUT2D eigenvalue weighted by Gasteiger charge is -2.32. The Kier molecular flexibility index (Phi) is 4.88. The third-order valence-electron chi connectivity index (χ3n) is 4.65. The Bertz CT molecular complexity index is 898. The molecule has 0 saturated carbocycles. The second-order valence-corrected chi connectivity index (χ2v) is 6.32. The van der Waals surface area contributed by atoms with Crippen molar-refractivity contribution in [1.29, 1.82) is 0 Å². The molecule has 0 aliphatic carbocycles. The number of aliphatic imine (C=N–C) groups is 1. The number of pyridine rings is 1. The van der Waals surface area contributed by atoms with Crippen molar-refractivity contribution in [3.63, 3.8) is 0 Å². The molecule has 0 atom stereocenters. The molecule has 0 N–H and O–H groups in total. The van der Waals surface area contributed by atoms with Crippen molar-refractivity contribution in [1.82, 2.24) is 4.98 Å². The van der Waals surface area contributed by atoms with Gasteiger partial charge in [-0.05, 0) is 28.8 Å². The number of nitrogens with zero attached hydrogens (tertiary/aromatic N) is 2. The van der Waals surface area contributed by atoms with E-state index in [2.05, 4.69) is 77.8 Å². The van der Waals surface area contributed by atoms with Crippen LogP contribution in [0, 0.1) is 0 Å². The maximum atomic E-state index is 5.15. The van der Waals surface area contributed by atoms with Gasteiger partial charge in [0.2, 0.25) is 0 Å². The SMILES string of the molecule is C(=N\C(c1ccccc1)(c1ccccc1)c1ccccc1)/c1ccccn1. The highest BCUT2D eigenvalue weighted by atomic mass is 14.9. The average molecular weight is 348 g/mol. The molecule has 2 nitrogen and oxygen atoms in total. The minimum atomic E-state index is -0.638. The number of hydrogen-bond acceptors (Lipinski definition) is 2. The molecular weight excluding hydrogens is 328 g/mol. The van der Waals surface area contributed by atoms with Crippen LogP contribution in [0.25, 0.3) is 0 Å². The van der Waals surface area contributed by atoms with Gasteiger partial charge in [-0.2, -0.15) is 0 Å². The van der Waals surface area contributed by atoms with Gasteiger partial charge >= 0.3 is 0 Å². The highest BCUT2D eigenvalue weighted by Crippen LogP contribution is 2.40. The Morgan fingerprint density at radius 3 is 1.41 bits per heavy atom. The van der Waals surface area contributed by atoms with E-state index in [1.54, 1.807) is 6.20 Å². The number of aromatic nitrogens is 1. The Hall–Kier alpha value is -3.52. The Morgan fingerprint density at radius 1 is 0.556 bits per heavy atom. The van der Waals surface area contributed by atoms with Gasteiger partial charge in [0.1, 0.15) is 5.54 Å². The molecule has 0 spiro atoms. The molecule has 130 valence electrons. The molecule has 0 bridgehead atoms. The molecule has 1 aromatic heterocycles. The van der Waals surface area contributed by atoms with E-state index in [4.69, 9.17) is 4.99 Å². The molecule has 2 heteroatoms. The van der Waals surface area contributed by atoms with E-state index in [9.17, 15) is 0 Å². The molecule has 1 heterocycles. The standard InChI is InChI=1S/C25H20N2/c1-4-12-21(13-5-1)25(22-14-6-2-7-15-22,23-16-8-3-9-17-23)27-20-24-18-10-11-19-26-24/h1-20H/b27-20+. The van der Waals surface area contributed by atoms with Gasteiger partial charge < -0.3 is 0 Å². The summed E-state index contributed by atoms with van der Waals surface area (Å²) in [7, 11) is 0. The van der Waals surface area contributed by atoms with Crippen LogP contribution < -0.4 is 0 Å². The summed E-state index contributed by atoms with van der Waals surface area (Å²) in [5, 5.41) is 0. The topological polar surface area (TPSA) is 25.2 Å². The van der Waals surface area contributed by atoms with Crippen LogP contribution >= 0.6 is 0 Å². The first-order valence-corrected chi connectivity index (χ1v) is 9.02. The lowest BCUT2D eigenvalue weighted by molar-refractivity contribution is 0.659. The first-order valence-electron chi connectivity index (χ1n) is 9.02. The predicted octanol–water partition coefficient (Wildman–Crippen LogP) is 5.49. The molecular formula is C25H20N2. The average Bonchev–Trinajstić information content (AvgIpc) is 2.77. The molecule has 27 heavy (non-hydrogen) atoms. The van der Waals surface area contributed by atoms with Crippen LogP contribution in [0.3, 0.4) is 0 Å². The van der Waals surface area contributed by atoms with Crippen LogP contribution in [0.2, 0.25) is 0 Å². The zero-order valence-electron chi connectivity index (χ0n) is 14.9. The first kappa shape index (κ1) is 16.9. The minimum absolute atomic E-state index is 0.638. The third kappa shape index (κ3) is 3.42. The zero-order valence-corrected chi connectivity index (χ0v) is 14.9. The maximum Gasteiger partial charge on any atom is 0.136 e. The summed E-state index contributed by atoms with van der Waals surface area (Å²) in [5.74, 6) is 0. The number of rotatable bonds is 5. The van der Waals surface area contributed by atoms with Gasteiger partial charge in [0, 0.05) is 12.4 Å². The van der Waals surface area contributed by atoms with E-state index in [0.717, 1.165) is 22.4 Å². The Balaban J connectivity index is 1.99. The van der Waals surface area contributed by atoms with Crippen molar-refractivity contribution >= 4 is 6.21 Å². The van der Waals surface area contributed by atoms with Crippen LogP contribution in [0.5, 0.6) is 0 Å². The number of benzene rings is 3. The monoisotopic (exact) mass is 348 g/mol. The molecule has 0 amide bonds. The molecule has 0 fully saturated rings. The zero-order chi connectivity index (χ0) is 18.4. The van der Waals surface area contributed by atoms with Gasteiger partial charge in [0.15, 0.2) is 0 Å². The molecule has 0 aliphatic heterocycles. The highest BCUT2D eigenvalue weighted by Gasteiger charge is 2.35. The summed E-state index contributed by atoms with van der Waals surface area (Å²) in [6, 6.07) is 37.1. The second-order valence-electron chi connectivity index (χ2n) is 6.32. The maximum absolute atomic E-state index is 5.15. The highest BCUT2D eigenvalue weighted by molar-refractivity contribution is 5.78. The van der Waals surface area contributed by atoms with E-state index in [0.29, 0.717) is 0 Å². The quantitative estimate of drug-likeness (QED) is 0.346. The van der Waals surface area contributed by atoms with Crippen molar-refractivity contribution in [3.05, 3.63) is 138 Å². The van der Waals surface area contributed by atoms with Crippen molar-refractivity contribution in [2.75, 3.05) is 0 Å². The Morgan fingerprint density at radius 2 is 1.00 bits per heavy atom. The van der Waals surface area contributed by atoms with Crippen LogP contribution in [-0.4, -0.2) is 11.2 Å². The lowest BCUT2D eigenvalue weighted by atomic mass is 9.77. The van der Waals surface area contributed by atoms with Crippen molar-refractivity contribution in [3.8, 4) is 0 Å². The summed E-state index contributed by atoms with van der Waals surface area (Å²) in [6.07, 6.45) is 3.66. The van der Waals surface area contributed by atoms with Crippen LogP contribution in [0.1, 0.15) is 22.4 Å². The molecule has 0 radical (unpaired) electrons. The van der Waals surface area contributed by atoms with E-state index in [1.807, 2.05) is 42.6 Å². The lowest BCUT2D eigenvalue weighted by Crippen LogP contribution is -2.27. The van der Waals surface area contributed by atoms with Crippen molar-refractivity contribution < 1.29 is 0 Å². The summed E-state index contributed by atoms with van der Waals surface area (Å²) in [5.41, 5.74) is 3.56. The van der Waals surface area contributed by atoms with E-state index >= 15 is 0 Å². The second kappa shape index (κ2) is 7.79. The summed E-state index contributed by atoms with van der Waals surface area (Å²) >= 11 is 0. The van der Waals surface area contributed by atoms with Crippen LogP contribution in [0.15, 0.2) is 120 Å².